The van der Waals surface area contributed by atoms with Gasteiger partial charge in [-0.15, -0.1) is 0 Å². The molecule has 0 bridgehead atoms. The molecule has 29 heavy (non-hydrogen) atoms. The average molecular weight is 415 g/mol. The van der Waals surface area contributed by atoms with Gasteiger partial charge in [-0.25, -0.2) is 0 Å². The molecule has 5 nitrogen and oxygen atoms in total. The van der Waals surface area contributed by atoms with Crippen LogP contribution < -0.4 is 9.47 Å². The molecule has 4 rings (SSSR count). The summed E-state index contributed by atoms with van der Waals surface area (Å²) in [6.07, 6.45) is 2.14. The van der Waals surface area contributed by atoms with Crippen molar-refractivity contribution in [1.82, 2.24) is 9.80 Å². The number of rotatable bonds is 5. The van der Waals surface area contributed by atoms with Crippen molar-refractivity contribution in [3.63, 3.8) is 0 Å². The van der Waals surface area contributed by atoms with E-state index in [0.29, 0.717) is 19.6 Å². The van der Waals surface area contributed by atoms with Gasteiger partial charge in [0.05, 0.1) is 13.2 Å². The van der Waals surface area contributed by atoms with Gasteiger partial charge in [0, 0.05) is 50.6 Å². The number of benzene rings is 2. The fourth-order valence-electron chi connectivity index (χ4n) is 3.78. The van der Waals surface area contributed by atoms with Crippen molar-refractivity contribution in [3.05, 3.63) is 58.6 Å². The second-order valence-corrected chi connectivity index (χ2v) is 8.05. The first-order valence-corrected chi connectivity index (χ1v) is 10.7. The Bertz CT molecular complexity index is 833. The van der Waals surface area contributed by atoms with Crippen LogP contribution in [0.5, 0.6) is 11.5 Å². The third kappa shape index (κ3) is 5.43. The van der Waals surface area contributed by atoms with Crippen molar-refractivity contribution in [2.75, 3.05) is 39.4 Å². The van der Waals surface area contributed by atoms with Crippen LogP contribution in [-0.2, 0) is 17.8 Å². The second kappa shape index (κ2) is 9.51. The maximum absolute atomic E-state index is 12.7. The van der Waals surface area contributed by atoms with Crippen LogP contribution in [0.1, 0.15) is 24.0 Å². The quantitative estimate of drug-likeness (QED) is 0.746. The molecule has 0 unspecified atom stereocenters. The lowest BCUT2D eigenvalue weighted by molar-refractivity contribution is -0.133. The molecule has 0 aliphatic carbocycles. The molecule has 2 aromatic rings. The van der Waals surface area contributed by atoms with Gasteiger partial charge in [-0.05, 0) is 41.8 Å². The molecule has 2 aliphatic heterocycles. The van der Waals surface area contributed by atoms with Crippen LogP contribution in [0.4, 0.5) is 0 Å². The fourth-order valence-corrected chi connectivity index (χ4v) is 3.90. The predicted molar refractivity (Wildman–Crippen MR) is 114 cm³/mol. The molecule has 2 aromatic carbocycles. The van der Waals surface area contributed by atoms with Crippen LogP contribution in [0, 0.1) is 0 Å². The fraction of sp³-hybridized carbons (Fsp3) is 0.435. The number of nitrogens with zero attached hydrogens (tertiary/aromatic N) is 2. The summed E-state index contributed by atoms with van der Waals surface area (Å²) in [7, 11) is 0. The Morgan fingerprint density at radius 1 is 0.897 bits per heavy atom. The van der Waals surface area contributed by atoms with E-state index in [1.807, 2.05) is 35.2 Å². The zero-order chi connectivity index (χ0) is 20.1. The van der Waals surface area contributed by atoms with Gasteiger partial charge in [0.15, 0.2) is 11.5 Å². The minimum absolute atomic E-state index is 0.225. The zero-order valence-corrected chi connectivity index (χ0v) is 17.4. The van der Waals surface area contributed by atoms with E-state index in [9.17, 15) is 4.79 Å². The van der Waals surface area contributed by atoms with Crippen LogP contribution in [0.2, 0.25) is 5.02 Å². The minimum Gasteiger partial charge on any atom is -0.490 e. The lowest BCUT2D eigenvalue weighted by atomic mass is 10.1. The Morgan fingerprint density at radius 2 is 1.59 bits per heavy atom. The molecule has 1 fully saturated rings. The average Bonchev–Trinajstić information content (AvgIpc) is 2.99. The summed E-state index contributed by atoms with van der Waals surface area (Å²) >= 11 is 5.95. The van der Waals surface area contributed by atoms with Gasteiger partial charge in [-0.1, -0.05) is 29.8 Å². The standard InChI is InChI=1S/C23H27ClN2O3/c24-20-6-2-19(3-7-20)17-25-10-12-26(13-11-25)23(27)9-5-18-4-8-21-22(16-18)29-15-1-14-28-21/h2-4,6-8,16H,1,5,9-15,17H2. The molecule has 1 amide bonds. The molecule has 6 heteroatoms. The first kappa shape index (κ1) is 20.0. The van der Waals surface area contributed by atoms with Gasteiger partial charge < -0.3 is 14.4 Å². The smallest absolute Gasteiger partial charge is 0.222 e. The number of hydrogen-bond acceptors (Lipinski definition) is 4. The molecule has 1 saturated heterocycles. The van der Waals surface area contributed by atoms with Gasteiger partial charge in [0.1, 0.15) is 0 Å². The van der Waals surface area contributed by atoms with Crippen molar-refractivity contribution < 1.29 is 14.3 Å². The maximum atomic E-state index is 12.7. The summed E-state index contributed by atoms with van der Waals surface area (Å²) in [5.41, 5.74) is 2.37. The summed E-state index contributed by atoms with van der Waals surface area (Å²) in [5, 5.41) is 0.762. The molecule has 0 atom stereocenters. The van der Waals surface area contributed by atoms with Crippen LogP contribution in [-0.4, -0.2) is 55.1 Å². The van der Waals surface area contributed by atoms with E-state index in [1.54, 1.807) is 0 Å². The molecule has 2 aliphatic rings. The molecule has 0 aromatic heterocycles. The molecule has 0 N–H and O–H groups in total. The molecule has 0 radical (unpaired) electrons. The highest BCUT2D eigenvalue weighted by Gasteiger charge is 2.21. The molecule has 0 spiro atoms. The van der Waals surface area contributed by atoms with Crippen LogP contribution in [0.25, 0.3) is 0 Å². The first-order valence-electron chi connectivity index (χ1n) is 10.3. The number of ether oxygens (including phenoxy) is 2. The second-order valence-electron chi connectivity index (χ2n) is 7.61. The van der Waals surface area contributed by atoms with E-state index in [4.69, 9.17) is 21.1 Å². The van der Waals surface area contributed by atoms with E-state index in [1.165, 1.54) is 5.56 Å². The first-order chi connectivity index (χ1) is 14.2. The van der Waals surface area contributed by atoms with E-state index in [-0.39, 0.29) is 5.91 Å². The van der Waals surface area contributed by atoms with Gasteiger partial charge in [-0.3, -0.25) is 9.69 Å². The summed E-state index contributed by atoms with van der Waals surface area (Å²) in [5.74, 6) is 1.82. The third-order valence-corrected chi connectivity index (χ3v) is 5.74. The maximum Gasteiger partial charge on any atom is 0.222 e. The minimum atomic E-state index is 0.225. The Kier molecular flexibility index (Phi) is 6.57. The Hall–Kier alpha value is -2.24. The van der Waals surface area contributed by atoms with Crippen molar-refractivity contribution in [2.45, 2.75) is 25.8 Å². The van der Waals surface area contributed by atoms with E-state index >= 15 is 0 Å². The molecular formula is C23H27ClN2O3. The Morgan fingerprint density at radius 3 is 2.34 bits per heavy atom. The number of carbonyl (C=O) groups is 1. The summed E-state index contributed by atoms with van der Waals surface area (Å²) in [4.78, 5) is 17.0. The summed E-state index contributed by atoms with van der Waals surface area (Å²) in [6.45, 7) is 5.64. The van der Waals surface area contributed by atoms with Crippen LogP contribution >= 0.6 is 11.6 Å². The van der Waals surface area contributed by atoms with Crippen LogP contribution in [0.3, 0.4) is 0 Å². The van der Waals surface area contributed by atoms with Crippen molar-refractivity contribution in [3.8, 4) is 11.5 Å². The number of aryl methyl sites for hydroxylation is 1. The van der Waals surface area contributed by atoms with E-state index < -0.39 is 0 Å². The van der Waals surface area contributed by atoms with Gasteiger partial charge in [0.25, 0.3) is 0 Å². The number of carbonyl (C=O) groups excluding carboxylic acids is 1. The zero-order valence-electron chi connectivity index (χ0n) is 16.6. The highest BCUT2D eigenvalue weighted by molar-refractivity contribution is 6.30. The third-order valence-electron chi connectivity index (χ3n) is 5.48. The van der Waals surface area contributed by atoms with Gasteiger partial charge in [-0.2, -0.15) is 0 Å². The molecule has 154 valence electrons. The summed E-state index contributed by atoms with van der Waals surface area (Å²) in [6, 6.07) is 14.0. The molecule has 0 saturated carbocycles. The van der Waals surface area contributed by atoms with Crippen molar-refractivity contribution in [2.24, 2.45) is 0 Å². The molecule has 2 heterocycles. The largest absolute Gasteiger partial charge is 0.490 e. The number of hydrogen-bond donors (Lipinski definition) is 0. The number of halogens is 1. The predicted octanol–water partition coefficient (Wildman–Crippen LogP) is 3.78. The Balaban J connectivity index is 1.24. The van der Waals surface area contributed by atoms with Crippen molar-refractivity contribution >= 4 is 17.5 Å². The molecular weight excluding hydrogens is 388 g/mol. The highest BCUT2D eigenvalue weighted by Crippen LogP contribution is 2.30. The van der Waals surface area contributed by atoms with E-state index in [0.717, 1.165) is 67.7 Å². The number of fused-ring (bicyclic) bond motifs is 1. The lowest BCUT2D eigenvalue weighted by Gasteiger charge is -2.34. The van der Waals surface area contributed by atoms with Crippen molar-refractivity contribution in [1.29, 1.82) is 0 Å². The SMILES string of the molecule is O=C(CCc1ccc2c(c1)OCCCO2)N1CCN(Cc2ccc(Cl)cc2)CC1. The lowest BCUT2D eigenvalue weighted by Crippen LogP contribution is -2.48. The number of piperazine rings is 1. The Labute approximate surface area is 177 Å². The van der Waals surface area contributed by atoms with Crippen LogP contribution in [0.15, 0.2) is 42.5 Å². The topological polar surface area (TPSA) is 42.0 Å². The monoisotopic (exact) mass is 414 g/mol. The highest BCUT2D eigenvalue weighted by atomic mass is 35.5. The van der Waals surface area contributed by atoms with Gasteiger partial charge >= 0.3 is 0 Å². The normalized spacial score (nSPS) is 17.1. The van der Waals surface area contributed by atoms with E-state index in [2.05, 4.69) is 17.0 Å². The summed E-state index contributed by atoms with van der Waals surface area (Å²) < 4.78 is 11.4. The number of amides is 1. The van der Waals surface area contributed by atoms with Gasteiger partial charge in [0.2, 0.25) is 5.91 Å².